The summed E-state index contributed by atoms with van der Waals surface area (Å²) in [5, 5.41) is 8.82. The van der Waals surface area contributed by atoms with E-state index in [4.69, 9.17) is 9.84 Å². The van der Waals surface area contributed by atoms with Gasteiger partial charge in [-0.15, -0.1) is 0 Å². The van der Waals surface area contributed by atoms with Gasteiger partial charge in [0.05, 0.1) is 40.7 Å². The van der Waals surface area contributed by atoms with Crippen LogP contribution in [0.25, 0.3) is 22.3 Å². The second-order valence-electron chi connectivity index (χ2n) is 6.89. The lowest BCUT2D eigenvalue weighted by molar-refractivity contribution is -0.138. The molecule has 0 bridgehead atoms. The standard InChI is InChI=1S/C22H19F3N2O4/c1-31-21(30)14-8-11-16-18(12-14)26-17(4-2-3-5-19(28)29)20(27-16)13-6-9-15(10-7-13)22(23,24)25/h6-12H,2-5H2,1H3,(H,28,29). The summed E-state index contributed by atoms with van der Waals surface area (Å²) in [5.74, 6) is -1.44. The Morgan fingerprint density at radius 3 is 2.32 bits per heavy atom. The normalized spacial score (nSPS) is 11.5. The Kier molecular flexibility index (Phi) is 6.53. The molecule has 0 saturated carbocycles. The molecule has 0 aliphatic rings. The van der Waals surface area contributed by atoms with Gasteiger partial charge in [-0.25, -0.2) is 14.8 Å². The highest BCUT2D eigenvalue weighted by Crippen LogP contribution is 2.32. The van der Waals surface area contributed by atoms with Crippen molar-refractivity contribution in [2.75, 3.05) is 7.11 Å². The van der Waals surface area contributed by atoms with Gasteiger partial charge in [0.15, 0.2) is 0 Å². The zero-order chi connectivity index (χ0) is 22.6. The van der Waals surface area contributed by atoms with Gasteiger partial charge in [-0.1, -0.05) is 12.1 Å². The number of unbranched alkanes of at least 4 members (excludes halogenated alkanes) is 1. The van der Waals surface area contributed by atoms with E-state index in [-0.39, 0.29) is 6.42 Å². The lowest BCUT2D eigenvalue weighted by Crippen LogP contribution is -2.05. The van der Waals surface area contributed by atoms with Gasteiger partial charge in [-0.2, -0.15) is 13.2 Å². The number of hydrogen-bond donors (Lipinski definition) is 1. The molecule has 0 radical (unpaired) electrons. The number of methoxy groups -OCH3 is 1. The molecule has 31 heavy (non-hydrogen) atoms. The third-order valence-electron chi connectivity index (χ3n) is 4.70. The van der Waals surface area contributed by atoms with Crippen molar-refractivity contribution in [3.63, 3.8) is 0 Å². The SMILES string of the molecule is COC(=O)c1ccc2nc(-c3ccc(C(F)(F)F)cc3)c(CCCCC(=O)O)nc2c1. The first-order valence-electron chi connectivity index (χ1n) is 9.47. The smallest absolute Gasteiger partial charge is 0.416 e. The van der Waals surface area contributed by atoms with Gasteiger partial charge in [-0.05, 0) is 49.6 Å². The number of carboxylic acid groups (broad SMARTS) is 1. The van der Waals surface area contributed by atoms with E-state index in [0.717, 1.165) is 12.1 Å². The van der Waals surface area contributed by atoms with E-state index < -0.39 is 23.7 Å². The Morgan fingerprint density at radius 1 is 1.00 bits per heavy atom. The van der Waals surface area contributed by atoms with Crippen molar-refractivity contribution in [2.24, 2.45) is 0 Å². The van der Waals surface area contributed by atoms with E-state index in [9.17, 15) is 22.8 Å². The van der Waals surface area contributed by atoms with Crippen molar-refractivity contribution in [3.8, 4) is 11.3 Å². The Hall–Kier alpha value is -3.49. The summed E-state index contributed by atoms with van der Waals surface area (Å²) in [6.45, 7) is 0. The number of benzene rings is 2. The number of carbonyl (C=O) groups excluding carboxylic acids is 1. The Labute approximate surface area is 175 Å². The topological polar surface area (TPSA) is 89.4 Å². The number of alkyl halides is 3. The van der Waals surface area contributed by atoms with Gasteiger partial charge in [-0.3, -0.25) is 4.79 Å². The molecule has 0 aliphatic carbocycles. The van der Waals surface area contributed by atoms with E-state index in [1.165, 1.54) is 31.4 Å². The maximum Gasteiger partial charge on any atom is 0.416 e. The Balaban J connectivity index is 2.03. The molecule has 1 N–H and O–H groups in total. The summed E-state index contributed by atoms with van der Waals surface area (Å²) in [7, 11) is 1.26. The summed E-state index contributed by atoms with van der Waals surface area (Å²) >= 11 is 0. The fraction of sp³-hybridized carbons (Fsp3) is 0.273. The van der Waals surface area contributed by atoms with Crippen molar-refractivity contribution in [3.05, 3.63) is 59.3 Å². The number of carboxylic acids is 1. The van der Waals surface area contributed by atoms with Crippen molar-refractivity contribution in [1.82, 2.24) is 9.97 Å². The first kappa shape index (κ1) is 22.2. The molecule has 162 valence electrons. The molecule has 0 spiro atoms. The van der Waals surface area contributed by atoms with Crippen LogP contribution in [0.4, 0.5) is 13.2 Å². The van der Waals surface area contributed by atoms with Crippen LogP contribution < -0.4 is 0 Å². The number of hydrogen-bond acceptors (Lipinski definition) is 5. The number of aliphatic carboxylic acids is 1. The number of nitrogens with zero attached hydrogens (tertiary/aromatic N) is 2. The minimum atomic E-state index is -4.45. The first-order chi connectivity index (χ1) is 14.7. The molecular formula is C22H19F3N2O4. The van der Waals surface area contributed by atoms with Crippen LogP contribution in [-0.2, 0) is 22.1 Å². The number of carbonyl (C=O) groups is 2. The van der Waals surface area contributed by atoms with Crippen molar-refractivity contribution in [2.45, 2.75) is 31.9 Å². The van der Waals surface area contributed by atoms with Crippen LogP contribution in [0.3, 0.4) is 0 Å². The molecule has 1 aromatic heterocycles. The van der Waals surface area contributed by atoms with Gasteiger partial charge < -0.3 is 9.84 Å². The van der Waals surface area contributed by atoms with E-state index in [2.05, 4.69) is 9.97 Å². The summed E-state index contributed by atoms with van der Waals surface area (Å²) < 4.78 is 43.4. The van der Waals surface area contributed by atoms with Crippen molar-refractivity contribution >= 4 is 23.0 Å². The van der Waals surface area contributed by atoms with Gasteiger partial charge in [0.25, 0.3) is 0 Å². The second-order valence-corrected chi connectivity index (χ2v) is 6.89. The van der Waals surface area contributed by atoms with Crippen molar-refractivity contribution in [1.29, 1.82) is 0 Å². The zero-order valence-electron chi connectivity index (χ0n) is 16.6. The number of fused-ring (bicyclic) bond motifs is 1. The van der Waals surface area contributed by atoms with Crippen molar-refractivity contribution < 1.29 is 32.6 Å². The maximum absolute atomic E-state index is 12.9. The summed E-state index contributed by atoms with van der Waals surface area (Å²) in [6, 6.07) is 9.30. The molecule has 2 aromatic carbocycles. The molecule has 1 heterocycles. The van der Waals surface area contributed by atoms with Crippen LogP contribution in [0.5, 0.6) is 0 Å². The number of aromatic nitrogens is 2. The lowest BCUT2D eigenvalue weighted by Gasteiger charge is -2.12. The van der Waals surface area contributed by atoms with Gasteiger partial charge in [0.2, 0.25) is 0 Å². The number of rotatable bonds is 7. The Bertz CT molecular complexity index is 1110. The van der Waals surface area contributed by atoms with Crippen LogP contribution in [0, 0.1) is 0 Å². The number of ether oxygens (including phenoxy) is 1. The number of halogens is 3. The molecule has 0 unspecified atom stereocenters. The van der Waals surface area contributed by atoms with E-state index >= 15 is 0 Å². The average molecular weight is 432 g/mol. The summed E-state index contributed by atoms with van der Waals surface area (Å²) in [4.78, 5) is 31.7. The number of esters is 1. The highest BCUT2D eigenvalue weighted by molar-refractivity contribution is 5.93. The largest absolute Gasteiger partial charge is 0.481 e. The quantitative estimate of drug-likeness (QED) is 0.422. The molecule has 0 aliphatic heterocycles. The fourth-order valence-corrected chi connectivity index (χ4v) is 3.13. The second kappa shape index (κ2) is 9.11. The molecule has 6 nitrogen and oxygen atoms in total. The molecule has 0 saturated heterocycles. The van der Waals surface area contributed by atoms with Crippen LogP contribution in [0.15, 0.2) is 42.5 Å². The molecule has 0 fully saturated rings. The molecule has 3 aromatic rings. The van der Waals surface area contributed by atoms with E-state index in [1.54, 1.807) is 6.07 Å². The van der Waals surface area contributed by atoms with Crippen LogP contribution >= 0.6 is 0 Å². The predicted octanol–water partition coefficient (Wildman–Crippen LogP) is 4.90. The minimum absolute atomic E-state index is 0.00309. The fourth-order valence-electron chi connectivity index (χ4n) is 3.13. The Morgan fingerprint density at radius 2 is 1.71 bits per heavy atom. The van der Waals surface area contributed by atoms with E-state index in [1.807, 2.05) is 0 Å². The molecule has 0 atom stereocenters. The monoisotopic (exact) mass is 432 g/mol. The average Bonchev–Trinajstić information content (AvgIpc) is 2.74. The third kappa shape index (κ3) is 5.36. The van der Waals surface area contributed by atoms with Crippen LogP contribution in [0.2, 0.25) is 0 Å². The van der Waals surface area contributed by atoms with Crippen LogP contribution in [0.1, 0.15) is 40.9 Å². The van der Waals surface area contributed by atoms with E-state index in [0.29, 0.717) is 52.8 Å². The molecular weight excluding hydrogens is 413 g/mol. The molecule has 9 heteroatoms. The highest BCUT2D eigenvalue weighted by atomic mass is 19.4. The first-order valence-corrected chi connectivity index (χ1v) is 9.47. The molecule has 3 rings (SSSR count). The zero-order valence-corrected chi connectivity index (χ0v) is 16.6. The summed E-state index contributed by atoms with van der Waals surface area (Å²) in [6.07, 6.45) is -3.13. The van der Waals surface area contributed by atoms with Gasteiger partial charge >= 0.3 is 18.1 Å². The third-order valence-corrected chi connectivity index (χ3v) is 4.70. The highest BCUT2D eigenvalue weighted by Gasteiger charge is 2.30. The van der Waals surface area contributed by atoms with Gasteiger partial charge in [0, 0.05) is 12.0 Å². The predicted molar refractivity (Wildman–Crippen MR) is 107 cm³/mol. The lowest BCUT2D eigenvalue weighted by atomic mass is 10.0. The number of aryl methyl sites for hydroxylation is 1. The maximum atomic E-state index is 12.9. The molecule has 0 amide bonds. The summed E-state index contributed by atoms with van der Waals surface area (Å²) in [5.41, 5.74) is 1.83. The van der Waals surface area contributed by atoms with Crippen LogP contribution in [-0.4, -0.2) is 34.1 Å². The van der Waals surface area contributed by atoms with Gasteiger partial charge in [0.1, 0.15) is 0 Å². The minimum Gasteiger partial charge on any atom is -0.481 e.